The summed E-state index contributed by atoms with van der Waals surface area (Å²) in [5.41, 5.74) is 2.32. The van der Waals surface area contributed by atoms with Crippen LogP contribution in [0.4, 0.5) is 11.6 Å². The molecule has 18 heavy (non-hydrogen) atoms. The van der Waals surface area contributed by atoms with E-state index in [0.717, 1.165) is 17.1 Å². The predicted octanol–water partition coefficient (Wildman–Crippen LogP) is 2.14. The molecule has 0 saturated heterocycles. The Morgan fingerprint density at radius 3 is 2.11 bits per heavy atom. The van der Waals surface area contributed by atoms with Gasteiger partial charge in [-0.3, -0.25) is 4.79 Å². The van der Waals surface area contributed by atoms with Gasteiger partial charge in [-0.1, -0.05) is 13.8 Å². The van der Waals surface area contributed by atoms with Gasteiger partial charge in [0.2, 0.25) is 11.9 Å². The number of rotatable bonds is 4. The molecule has 0 fully saturated rings. The number of hydrogen-bond donors (Lipinski definition) is 1. The third-order valence-corrected chi connectivity index (χ3v) is 2.52. The molecule has 0 aliphatic carbocycles. The summed E-state index contributed by atoms with van der Waals surface area (Å²) in [6, 6.07) is 0. The molecule has 1 N–H and O–H groups in total. The van der Waals surface area contributed by atoms with E-state index in [0.29, 0.717) is 18.3 Å². The number of hydrogen-bond acceptors (Lipinski definition) is 4. The lowest BCUT2D eigenvalue weighted by atomic mass is 10.1. The third-order valence-electron chi connectivity index (χ3n) is 2.52. The zero-order valence-electron chi connectivity index (χ0n) is 12.0. The maximum Gasteiger partial charge on any atom is 0.225 e. The van der Waals surface area contributed by atoms with E-state index >= 15 is 0 Å². The average molecular weight is 250 g/mol. The molecule has 1 amide bonds. The minimum atomic E-state index is 0.0115. The molecule has 0 aliphatic heterocycles. The van der Waals surface area contributed by atoms with Crippen molar-refractivity contribution in [3.63, 3.8) is 0 Å². The first-order chi connectivity index (χ1) is 8.31. The van der Waals surface area contributed by atoms with E-state index in [1.807, 2.05) is 46.7 Å². The predicted molar refractivity (Wildman–Crippen MR) is 73.9 cm³/mol. The standard InChI is InChI=1S/C13H22N4O/c1-8(2)7-11(18)16-12-9(3)14-13(17(5)6)15-10(12)4/h8H,7H2,1-6H3,(H,16,18). The minimum Gasteiger partial charge on any atom is -0.347 e. The second-order valence-electron chi connectivity index (χ2n) is 5.11. The van der Waals surface area contributed by atoms with Crippen LogP contribution in [0.1, 0.15) is 31.7 Å². The number of nitrogens with zero attached hydrogens (tertiary/aromatic N) is 3. The summed E-state index contributed by atoms with van der Waals surface area (Å²) in [5, 5.41) is 2.89. The molecule has 1 rings (SSSR count). The Bertz CT molecular complexity index is 418. The summed E-state index contributed by atoms with van der Waals surface area (Å²) in [6.07, 6.45) is 0.508. The van der Waals surface area contributed by atoms with Crippen LogP contribution in [0.3, 0.4) is 0 Å². The molecular weight excluding hydrogens is 228 g/mol. The Morgan fingerprint density at radius 1 is 1.22 bits per heavy atom. The largest absolute Gasteiger partial charge is 0.347 e. The highest BCUT2D eigenvalue weighted by atomic mass is 16.1. The zero-order valence-corrected chi connectivity index (χ0v) is 12.0. The minimum absolute atomic E-state index is 0.0115. The van der Waals surface area contributed by atoms with Gasteiger partial charge in [0.25, 0.3) is 0 Å². The van der Waals surface area contributed by atoms with Crippen LogP contribution in [0.5, 0.6) is 0 Å². The highest BCUT2D eigenvalue weighted by Crippen LogP contribution is 2.20. The average Bonchev–Trinajstić information content (AvgIpc) is 2.21. The van der Waals surface area contributed by atoms with Crippen molar-refractivity contribution in [3.8, 4) is 0 Å². The van der Waals surface area contributed by atoms with Crippen molar-refractivity contribution in [3.05, 3.63) is 11.4 Å². The number of aromatic nitrogens is 2. The molecule has 5 heteroatoms. The monoisotopic (exact) mass is 250 g/mol. The zero-order chi connectivity index (χ0) is 13.9. The fourth-order valence-corrected chi connectivity index (χ4v) is 1.64. The number of carbonyl (C=O) groups excluding carboxylic acids is 1. The lowest BCUT2D eigenvalue weighted by Gasteiger charge is -2.16. The molecule has 1 aromatic rings. The first-order valence-electron chi connectivity index (χ1n) is 6.13. The van der Waals surface area contributed by atoms with Crippen molar-refractivity contribution < 1.29 is 4.79 Å². The van der Waals surface area contributed by atoms with Crippen molar-refractivity contribution in [2.45, 2.75) is 34.1 Å². The Morgan fingerprint density at radius 2 is 1.72 bits per heavy atom. The molecule has 0 saturated carbocycles. The summed E-state index contributed by atoms with van der Waals surface area (Å²) >= 11 is 0. The Hall–Kier alpha value is -1.65. The highest BCUT2D eigenvalue weighted by Gasteiger charge is 2.13. The lowest BCUT2D eigenvalue weighted by molar-refractivity contribution is -0.116. The topological polar surface area (TPSA) is 58.1 Å². The SMILES string of the molecule is Cc1nc(N(C)C)nc(C)c1NC(=O)CC(C)C. The number of anilines is 2. The molecule has 0 spiro atoms. The Kier molecular flexibility index (Phi) is 4.64. The summed E-state index contributed by atoms with van der Waals surface area (Å²) < 4.78 is 0. The second kappa shape index (κ2) is 5.80. The van der Waals surface area contributed by atoms with E-state index in [1.165, 1.54) is 0 Å². The third kappa shape index (κ3) is 3.68. The molecule has 0 aliphatic rings. The van der Waals surface area contributed by atoms with Crippen LogP contribution < -0.4 is 10.2 Å². The summed E-state index contributed by atoms with van der Waals surface area (Å²) in [4.78, 5) is 22.3. The van der Waals surface area contributed by atoms with Gasteiger partial charge in [-0.2, -0.15) is 0 Å². The van der Waals surface area contributed by atoms with E-state index in [4.69, 9.17) is 0 Å². The van der Waals surface area contributed by atoms with Crippen LogP contribution in [0.15, 0.2) is 0 Å². The number of amides is 1. The fraction of sp³-hybridized carbons (Fsp3) is 0.615. The van der Waals surface area contributed by atoms with Gasteiger partial charge in [-0.25, -0.2) is 9.97 Å². The van der Waals surface area contributed by atoms with Crippen LogP contribution in [-0.2, 0) is 4.79 Å². The molecule has 0 unspecified atom stereocenters. The van der Waals surface area contributed by atoms with Crippen molar-refractivity contribution >= 4 is 17.5 Å². The molecule has 1 aromatic heterocycles. The molecule has 0 bridgehead atoms. The van der Waals surface area contributed by atoms with E-state index in [2.05, 4.69) is 15.3 Å². The van der Waals surface area contributed by atoms with Gasteiger partial charge < -0.3 is 10.2 Å². The van der Waals surface area contributed by atoms with E-state index in [9.17, 15) is 4.79 Å². The van der Waals surface area contributed by atoms with E-state index in [1.54, 1.807) is 0 Å². The van der Waals surface area contributed by atoms with Crippen molar-refractivity contribution in [1.29, 1.82) is 0 Å². The quantitative estimate of drug-likeness (QED) is 0.889. The van der Waals surface area contributed by atoms with Crippen LogP contribution >= 0.6 is 0 Å². The van der Waals surface area contributed by atoms with Crippen LogP contribution in [-0.4, -0.2) is 30.0 Å². The van der Waals surface area contributed by atoms with Crippen LogP contribution in [0.25, 0.3) is 0 Å². The van der Waals surface area contributed by atoms with Gasteiger partial charge in [-0.05, 0) is 19.8 Å². The van der Waals surface area contributed by atoms with Crippen LogP contribution in [0.2, 0.25) is 0 Å². The van der Waals surface area contributed by atoms with E-state index < -0.39 is 0 Å². The Labute approximate surface area is 109 Å². The maximum atomic E-state index is 11.8. The van der Waals surface area contributed by atoms with Gasteiger partial charge in [-0.15, -0.1) is 0 Å². The van der Waals surface area contributed by atoms with Crippen molar-refractivity contribution in [2.24, 2.45) is 5.92 Å². The fourth-order valence-electron chi connectivity index (χ4n) is 1.64. The Balaban J connectivity index is 2.93. The first kappa shape index (κ1) is 14.4. The van der Waals surface area contributed by atoms with E-state index in [-0.39, 0.29) is 5.91 Å². The first-order valence-corrected chi connectivity index (χ1v) is 6.13. The molecule has 0 atom stereocenters. The van der Waals surface area contributed by atoms with Crippen molar-refractivity contribution in [1.82, 2.24) is 9.97 Å². The molecule has 1 heterocycles. The highest BCUT2D eigenvalue weighted by molar-refractivity contribution is 5.92. The molecular formula is C13H22N4O. The molecule has 100 valence electrons. The lowest BCUT2D eigenvalue weighted by Crippen LogP contribution is -2.19. The molecule has 5 nitrogen and oxygen atoms in total. The number of carbonyl (C=O) groups is 1. The van der Waals surface area contributed by atoms with Gasteiger partial charge >= 0.3 is 0 Å². The normalized spacial score (nSPS) is 10.6. The molecule has 0 radical (unpaired) electrons. The second-order valence-corrected chi connectivity index (χ2v) is 5.11. The van der Waals surface area contributed by atoms with Crippen LogP contribution in [0, 0.1) is 19.8 Å². The number of nitrogens with one attached hydrogen (secondary N) is 1. The van der Waals surface area contributed by atoms with Gasteiger partial charge in [0.1, 0.15) is 0 Å². The summed E-state index contributed by atoms with van der Waals surface area (Å²) in [5.74, 6) is 1.01. The van der Waals surface area contributed by atoms with Crippen molar-refractivity contribution in [2.75, 3.05) is 24.3 Å². The summed E-state index contributed by atoms with van der Waals surface area (Å²) in [7, 11) is 3.79. The number of aryl methyl sites for hydroxylation is 2. The van der Waals surface area contributed by atoms with Gasteiger partial charge in [0.05, 0.1) is 17.1 Å². The summed E-state index contributed by atoms with van der Waals surface area (Å²) in [6.45, 7) is 7.80. The van der Waals surface area contributed by atoms with Gasteiger partial charge in [0.15, 0.2) is 0 Å². The van der Waals surface area contributed by atoms with Gasteiger partial charge in [0, 0.05) is 20.5 Å². The maximum absolute atomic E-state index is 11.8. The smallest absolute Gasteiger partial charge is 0.225 e. The molecule has 0 aromatic carbocycles.